The number of carbonyl (C=O) groups is 1. The van der Waals surface area contributed by atoms with E-state index in [-0.39, 0.29) is 34.5 Å². The van der Waals surface area contributed by atoms with Crippen molar-refractivity contribution >= 4 is 29.1 Å². The average Bonchev–Trinajstić information content (AvgIpc) is 2.71. The van der Waals surface area contributed by atoms with Crippen LogP contribution in [-0.4, -0.2) is 29.1 Å². The normalized spacial score (nSPS) is 11.5. The molecule has 0 amide bonds. The van der Waals surface area contributed by atoms with Gasteiger partial charge in [0.2, 0.25) is 5.95 Å². The Morgan fingerprint density at radius 3 is 2.47 bits per heavy atom. The first-order chi connectivity index (χ1) is 14.2. The largest absolute Gasteiger partial charge is 0.480 e. The minimum atomic E-state index is -1.08. The van der Waals surface area contributed by atoms with Gasteiger partial charge in [-0.2, -0.15) is 4.39 Å². The lowest BCUT2D eigenvalue weighted by molar-refractivity contribution is -0.137. The van der Waals surface area contributed by atoms with Crippen molar-refractivity contribution < 1.29 is 19.0 Å². The van der Waals surface area contributed by atoms with Gasteiger partial charge in [0.1, 0.15) is 16.8 Å². The van der Waals surface area contributed by atoms with Crippen LogP contribution in [0.5, 0.6) is 11.5 Å². The van der Waals surface area contributed by atoms with Crippen molar-refractivity contribution in [2.75, 3.05) is 18.1 Å². The molecule has 1 aromatic carbocycles. The summed E-state index contributed by atoms with van der Waals surface area (Å²) in [6.45, 7) is 7.45. The fraction of sp³-hybridized carbons (Fsp3) is 0.429. The van der Waals surface area contributed by atoms with Crippen LogP contribution < -0.4 is 21.5 Å². The molecule has 0 aliphatic carbocycles. The Morgan fingerprint density at radius 2 is 1.97 bits per heavy atom. The van der Waals surface area contributed by atoms with Gasteiger partial charge in [-0.25, -0.2) is 9.78 Å². The highest BCUT2D eigenvalue weighted by Gasteiger charge is 2.24. The molecular formula is C21H30ClFN4O3. The van der Waals surface area contributed by atoms with Gasteiger partial charge in [-0.3, -0.25) is 0 Å². The Kier molecular flexibility index (Phi) is 9.81. The van der Waals surface area contributed by atoms with Gasteiger partial charge in [-0.15, -0.1) is 0 Å². The zero-order valence-corrected chi connectivity index (χ0v) is 18.7. The van der Waals surface area contributed by atoms with Gasteiger partial charge in [0.15, 0.2) is 11.6 Å². The van der Waals surface area contributed by atoms with Crippen LogP contribution in [0.25, 0.3) is 0 Å². The van der Waals surface area contributed by atoms with Crippen molar-refractivity contribution in [1.82, 2.24) is 4.98 Å². The number of nitrogens with zero attached hydrogens (tertiary/aromatic N) is 1. The lowest BCUT2D eigenvalue weighted by Crippen LogP contribution is -2.29. The van der Waals surface area contributed by atoms with Crippen molar-refractivity contribution in [1.29, 1.82) is 0 Å². The van der Waals surface area contributed by atoms with Crippen molar-refractivity contribution in [2.24, 2.45) is 5.73 Å². The maximum atomic E-state index is 14.6. The second-order valence-corrected chi connectivity index (χ2v) is 7.10. The summed E-state index contributed by atoms with van der Waals surface area (Å²) < 4.78 is 20.5. The molecule has 0 saturated heterocycles. The predicted molar refractivity (Wildman–Crippen MR) is 119 cm³/mol. The summed E-state index contributed by atoms with van der Waals surface area (Å²) in [6, 6.07) is 4.23. The highest BCUT2D eigenvalue weighted by atomic mass is 35.5. The molecule has 2 aromatic rings. The number of aromatic nitrogens is 1. The van der Waals surface area contributed by atoms with Crippen LogP contribution in [0, 0.1) is 5.95 Å². The van der Waals surface area contributed by atoms with Crippen LogP contribution in [-0.2, 0) is 11.2 Å². The summed E-state index contributed by atoms with van der Waals surface area (Å²) in [6.07, 6.45) is 0.576. The molecule has 0 spiro atoms. The molecule has 7 nitrogen and oxygen atoms in total. The van der Waals surface area contributed by atoms with E-state index < -0.39 is 18.0 Å². The van der Waals surface area contributed by atoms with Crippen LogP contribution in [0.1, 0.15) is 51.2 Å². The number of nitrogens with one attached hydrogen (secondary N) is 1. The lowest BCUT2D eigenvalue weighted by atomic mass is 10.0. The molecule has 166 valence electrons. The second kappa shape index (κ2) is 11.6. The predicted octanol–water partition coefficient (Wildman–Crippen LogP) is 4.78. The average molecular weight is 441 g/mol. The Labute approximate surface area is 181 Å². The molecule has 0 unspecified atom stereocenters. The standard InChI is InChI=1S/C20H25ClFN3O3.CH5N/c1-5-12-17(28-11-7-8-14(23)13(9-11)10(3)4)16(21)19(25-18(12)22)24-15(6-2)20(26)27;1-2/h7-10,15H,5-6,23H2,1-4H3,(H,24,25)(H,26,27);2H2,1H3/t15-;/m0./s1. The van der Waals surface area contributed by atoms with E-state index in [1.807, 2.05) is 13.8 Å². The van der Waals surface area contributed by atoms with E-state index in [1.165, 1.54) is 7.05 Å². The molecule has 6 N–H and O–H groups in total. The Morgan fingerprint density at radius 1 is 1.33 bits per heavy atom. The number of ether oxygens (including phenoxy) is 1. The van der Waals surface area contributed by atoms with E-state index in [1.54, 1.807) is 32.0 Å². The van der Waals surface area contributed by atoms with Gasteiger partial charge in [-0.1, -0.05) is 39.3 Å². The highest BCUT2D eigenvalue weighted by Crippen LogP contribution is 2.40. The fourth-order valence-corrected chi connectivity index (χ4v) is 3.04. The first-order valence-corrected chi connectivity index (χ1v) is 10.1. The van der Waals surface area contributed by atoms with E-state index >= 15 is 0 Å². The van der Waals surface area contributed by atoms with Crippen LogP contribution >= 0.6 is 11.6 Å². The summed E-state index contributed by atoms with van der Waals surface area (Å²) in [5.74, 6) is -1.17. The Balaban J connectivity index is 0.00000218. The third-order valence-corrected chi connectivity index (χ3v) is 4.76. The summed E-state index contributed by atoms with van der Waals surface area (Å²) in [5, 5.41) is 11.9. The number of aliphatic carboxylic acids is 1. The number of nitrogen functional groups attached to an aromatic ring is 1. The van der Waals surface area contributed by atoms with Gasteiger partial charge >= 0.3 is 5.97 Å². The maximum Gasteiger partial charge on any atom is 0.326 e. The number of pyridine rings is 1. The number of nitrogens with two attached hydrogens (primary N) is 2. The van der Waals surface area contributed by atoms with Crippen LogP contribution in [0.4, 0.5) is 15.9 Å². The van der Waals surface area contributed by atoms with E-state index in [0.29, 0.717) is 17.9 Å². The number of benzene rings is 1. The minimum absolute atomic E-state index is 0.0286. The number of anilines is 2. The van der Waals surface area contributed by atoms with E-state index in [4.69, 9.17) is 22.1 Å². The molecular weight excluding hydrogens is 411 g/mol. The molecule has 1 atom stereocenters. The number of hydrogen-bond acceptors (Lipinski definition) is 6. The van der Waals surface area contributed by atoms with Crippen molar-refractivity contribution in [3.8, 4) is 11.5 Å². The highest BCUT2D eigenvalue weighted by molar-refractivity contribution is 6.34. The van der Waals surface area contributed by atoms with Crippen molar-refractivity contribution in [2.45, 2.75) is 52.5 Å². The number of carboxylic acid groups (broad SMARTS) is 1. The molecule has 1 aromatic heterocycles. The van der Waals surface area contributed by atoms with Gasteiger partial charge in [-0.05, 0) is 49.6 Å². The van der Waals surface area contributed by atoms with Gasteiger partial charge < -0.3 is 26.6 Å². The SMILES string of the molecule is CCc1c(F)nc(N[C@@H](CC)C(=O)O)c(Cl)c1Oc1ccc(N)c(C(C)C)c1.CN. The third kappa shape index (κ3) is 5.96. The third-order valence-electron chi connectivity index (χ3n) is 4.41. The molecule has 0 fully saturated rings. The maximum absolute atomic E-state index is 14.6. The Hall–Kier alpha value is -2.58. The molecule has 0 saturated carbocycles. The molecule has 1 heterocycles. The lowest BCUT2D eigenvalue weighted by Gasteiger charge is -2.19. The fourth-order valence-electron chi connectivity index (χ4n) is 2.79. The minimum Gasteiger partial charge on any atom is -0.480 e. The molecule has 0 aliphatic heterocycles. The first-order valence-electron chi connectivity index (χ1n) is 9.71. The van der Waals surface area contributed by atoms with Gasteiger partial charge in [0.25, 0.3) is 0 Å². The number of halogens is 2. The smallest absolute Gasteiger partial charge is 0.326 e. The summed E-state index contributed by atoms with van der Waals surface area (Å²) >= 11 is 6.42. The van der Waals surface area contributed by atoms with Crippen LogP contribution in [0.2, 0.25) is 5.02 Å². The molecule has 0 radical (unpaired) electrons. The summed E-state index contributed by atoms with van der Waals surface area (Å²) in [5.41, 5.74) is 12.2. The van der Waals surface area contributed by atoms with Crippen molar-refractivity contribution in [3.05, 3.63) is 40.3 Å². The summed E-state index contributed by atoms with van der Waals surface area (Å²) in [4.78, 5) is 15.1. The van der Waals surface area contributed by atoms with Crippen molar-refractivity contribution in [3.63, 3.8) is 0 Å². The first kappa shape index (κ1) is 25.5. The summed E-state index contributed by atoms with van der Waals surface area (Å²) in [7, 11) is 1.50. The molecule has 30 heavy (non-hydrogen) atoms. The number of carboxylic acids is 1. The molecule has 0 aliphatic rings. The zero-order chi connectivity index (χ0) is 23.0. The zero-order valence-electron chi connectivity index (χ0n) is 17.9. The monoisotopic (exact) mass is 440 g/mol. The topological polar surface area (TPSA) is 123 Å². The van der Waals surface area contributed by atoms with Gasteiger partial charge in [0.05, 0.1) is 5.56 Å². The molecule has 2 rings (SSSR count). The second-order valence-electron chi connectivity index (χ2n) is 6.72. The van der Waals surface area contributed by atoms with Crippen LogP contribution in [0.15, 0.2) is 18.2 Å². The van der Waals surface area contributed by atoms with E-state index in [9.17, 15) is 14.3 Å². The van der Waals surface area contributed by atoms with E-state index in [0.717, 1.165) is 5.56 Å². The van der Waals surface area contributed by atoms with E-state index in [2.05, 4.69) is 16.0 Å². The molecule has 0 bridgehead atoms. The number of rotatable bonds is 8. The quantitative estimate of drug-likeness (QED) is 0.343. The van der Waals surface area contributed by atoms with Gasteiger partial charge in [0, 0.05) is 5.69 Å². The van der Waals surface area contributed by atoms with Crippen LogP contribution in [0.3, 0.4) is 0 Å². The molecule has 9 heteroatoms. The Bertz CT molecular complexity index is 878. The number of hydrogen-bond donors (Lipinski definition) is 4.